The molecule has 0 atom stereocenters. The molecule has 20 heavy (non-hydrogen) atoms. The summed E-state index contributed by atoms with van der Waals surface area (Å²) in [7, 11) is -3.17. The Labute approximate surface area is 118 Å². The van der Waals surface area contributed by atoms with E-state index in [1.165, 1.54) is 6.26 Å². The zero-order valence-electron chi connectivity index (χ0n) is 11.7. The lowest BCUT2D eigenvalue weighted by atomic mass is 10.1. The number of pyridine rings is 1. The van der Waals surface area contributed by atoms with E-state index in [1.807, 2.05) is 6.07 Å². The number of nitrogens with one attached hydrogen (secondary N) is 1. The Morgan fingerprint density at radius 2 is 2.00 bits per heavy atom. The van der Waals surface area contributed by atoms with Crippen LogP contribution in [-0.4, -0.2) is 36.1 Å². The summed E-state index contributed by atoms with van der Waals surface area (Å²) in [4.78, 5) is 4.22. The summed E-state index contributed by atoms with van der Waals surface area (Å²) < 4.78 is 22.5. The van der Waals surface area contributed by atoms with Gasteiger partial charge in [0.15, 0.2) is 9.84 Å². The molecule has 5 nitrogen and oxygen atoms in total. The second-order valence-electron chi connectivity index (χ2n) is 5.45. The van der Waals surface area contributed by atoms with Crippen LogP contribution in [0.25, 0.3) is 10.8 Å². The van der Waals surface area contributed by atoms with Crippen LogP contribution in [0.3, 0.4) is 0 Å². The van der Waals surface area contributed by atoms with Gasteiger partial charge in [0.2, 0.25) is 0 Å². The lowest BCUT2D eigenvalue weighted by molar-refractivity contribution is 0.476. The number of aromatic nitrogens is 1. The van der Waals surface area contributed by atoms with Gasteiger partial charge in [-0.15, -0.1) is 0 Å². The highest BCUT2D eigenvalue weighted by Gasteiger charge is 2.30. The van der Waals surface area contributed by atoms with Crippen LogP contribution < -0.4 is 5.32 Å². The minimum absolute atomic E-state index is 0.149. The molecule has 2 rings (SSSR count). The number of nitrogens with zero attached hydrogens (tertiary/aromatic N) is 1. The number of benzene rings is 1. The average Bonchev–Trinajstić information content (AvgIpc) is 2.35. The van der Waals surface area contributed by atoms with E-state index in [-0.39, 0.29) is 12.3 Å². The van der Waals surface area contributed by atoms with Crippen LogP contribution in [0.5, 0.6) is 5.75 Å². The van der Waals surface area contributed by atoms with E-state index in [2.05, 4.69) is 10.3 Å². The number of fused-ring (bicyclic) bond motifs is 1. The first kappa shape index (κ1) is 14.6. The van der Waals surface area contributed by atoms with Crippen molar-refractivity contribution >= 4 is 26.4 Å². The van der Waals surface area contributed by atoms with Crippen LogP contribution in [-0.2, 0) is 9.84 Å². The average molecular weight is 294 g/mol. The molecule has 1 heterocycles. The zero-order chi connectivity index (χ0) is 15.0. The van der Waals surface area contributed by atoms with Gasteiger partial charge in [-0.3, -0.25) is 0 Å². The SMILES string of the molecule is CC(C)(CNc1nccc2ccc(O)cc12)S(C)(=O)=O. The Bertz CT molecular complexity index is 739. The smallest absolute Gasteiger partial charge is 0.154 e. The first-order valence-electron chi connectivity index (χ1n) is 6.22. The van der Waals surface area contributed by atoms with Crippen LogP contribution in [0.15, 0.2) is 30.5 Å². The number of sulfone groups is 1. The number of hydrogen-bond donors (Lipinski definition) is 2. The minimum atomic E-state index is -3.17. The molecule has 1 aromatic carbocycles. The van der Waals surface area contributed by atoms with Crippen molar-refractivity contribution < 1.29 is 13.5 Å². The van der Waals surface area contributed by atoms with Gasteiger partial charge in [0.05, 0.1) is 4.75 Å². The van der Waals surface area contributed by atoms with Crippen molar-refractivity contribution in [2.75, 3.05) is 18.1 Å². The fraction of sp³-hybridized carbons (Fsp3) is 0.357. The Kier molecular flexibility index (Phi) is 3.60. The number of phenols is 1. The Hall–Kier alpha value is -1.82. The van der Waals surface area contributed by atoms with Gasteiger partial charge in [-0.25, -0.2) is 13.4 Å². The van der Waals surface area contributed by atoms with Gasteiger partial charge >= 0.3 is 0 Å². The predicted octanol–water partition coefficient (Wildman–Crippen LogP) is 2.18. The van der Waals surface area contributed by atoms with Crippen LogP contribution in [0.1, 0.15) is 13.8 Å². The molecule has 0 fully saturated rings. The molecule has 0 aliphatic rings. The van der Waals surface area contributed by atoms with Gasteiger partial charge in [-0.05, 0) is 37.4 Å². The highest BCUT2D eigenvalue weighted by Crippen LogP contribution is 2.26. The number of anilines is 1. The van der Waals surface area contributed by atoms with Crippen molar-refractivity contribution in [2.24, 2.45) is 0 Å². The Morgan fingerprint density at radius 1 is 1.30 bits per heavy atom. The van der Waals surface area contributed by atoms with Crippen LogP contribution in [0.2, 0.25) is 0 Å². The molecule has 2 N–H and O–H groups in total. The third kappa shape index (κ3) is 2.85. The van der Waals surface area contributed by atoms with Crippen molar-refractivity contribution in [2.45, 2.75) is 18.6 Å². The van der Waals surface area contributed by atoms with Crippen molar-refractivity contribution in [3.8, 4) is 5.75 Å². The minimum Gasteiger partial charge on any atom is -0.508 e. The third-order valence-corrected chi connectivity index (χ3v) is 5.59. The van der Waals surface area contributed by atoms with Crippen molar-refractivity contribution in [3.05, 3.63) is 30.5 Å². The maximum absolute atomic E-state index is 11.7. The molecule has 0 saturated carbocycles. The highest BCUT2D eigenvalue weighted by molar-refractivity contribution is 7.92. The Balaban J connectivity index is 2.33. The van der Waals surface area contributed by atoms with Crippen LogP contribution in [0.4, 0.5) is 5.82 Å². The second kappa shape index (κ2) is 4.94. The molecule has 0 spiro atoms. The molecular weight excluding hydrogens is 276 g/mol. The normalized spacial score (nSPS) is 12.6. The lowest BCUT2D eigenvalue weighted by Gasteiger charge is -2.23. The van der Waals surface area contributed by atoms with Crippen molar-refractivity contribution in [1.82, 2.24) is 4.98 Å². The standard InChI is InChI=1S/C14H18N2O3S/c1-14(2,20(3,18)19)9-16-13-12-8-11(17)5-4-10(12)6-7-15-13/h4-8,17H,9H2,1-3H3,(H,15,16). The topological polar surface area (TPSA) is 79.3 Å². The molecule has 6 heteroatoms. The molecule has 1 aromatic heterocycles. The van der Waals surface area contributed by atoms with Crippen molar-refractivity contribution in [3.63, 3.8) is 0 Å². The molecule has 0 bridgehead atoms. The molecule has 0 radical (unpaired) electrons. The summed E-state index contributed by atoms with van der Waals surface area (Å²) in [5.74, 6) is 0.714. The van der Waals surface area contributed by atoms with E-state index < -0.39 is 14.6 Å². The largest absolute Gasteiger partial charge is 0.508 e. The molecule has 0 unspecified atom stereocenters. The van der Waals surface area contributed by atoms with E-state index in [0.29, 0.717) is 5.82 Å². The molecule has 0 aliphatic carbocycles. The third-order valence-electron chi connectivity index (χ3n) is 3.44. The second-order valence-corrected chi connectivity index (χ2v) is 8.10. The van der Waals surface area contributed by atoms with Gasteiger partial charge in [0, 0.05) is 24.4 Å². The van der Waals surface area contributed by atoms with Gasteiger partial charge in [0.1, 0.15) is 11.6 Å². The van der Waals surface area contributed by atoms with Crippen molar-refractivity contribution in [1.29, 1.82) is 0 Å². The maximum atomic E-state index is 11.7. The number of rotatable bonds is 4. The van der Waals surface area contributed by atoms with Crippen LogP contribution >= 0.6 is 0 Å². The first-order chi connectivity index (χ1) is 9.21. The summed E-state index contributed by atoms with van der Waals surface area (Å²) in [6.45, 7) is 3.57. The quantitative estimate of drug-likeness (QED) is 0.903. The number of phenolic OH excluding ortho intramolecular Hbond substituents is 1. The fourth-order valence-electron chi connectivity index (χ4n) is 1.72. The monoisotopic (exact) mass is 294 g/mol. The molecular formula is C14H18N2O3S. The molecule has 0 amide bonds. The predicted molar refractivity (Wildman–Crippen MR) is 80.8 cm³/mol. The maximum Gasteiger partial charge on any atom is 0.154 e. The van der Waals surface area contributed by atoms with Gasteiger partial charge in [-0.2, -0.15) is 0 Å². The zero-order valence-corrected chi connectivity index (χ0v) is 12.5. The van der Waals surface area contributed by atoms with Gasteiger partial charge in [0.25, 0.3) is 0 Å². The summed E-state index contributed by atoms with van der Waals surface area (Å²) >= 11 is 0. The highest BCUT2D eigenvalue weighted by atomic mass is 32.2. The van der Waals surface area contributed by atoms with E-state index in [4.69, 9.17) is 0 Å². The van der Waals surface area contributed by atoms with E-state index >= 15 is 0 Å². The number of hydrogen-bond acceptors (Lipinski definition) is 5. The van der Waals surface area contributed by atoms with E-state index in [9.17, 15) is 13.5 Å². The fourth-order valence-corrected chi connectivity index (χ4v) is 2.06. The van der Waals surface area contributed by atoms with Crippen LogP contribution in [0, 0.1) is 0 Å². The van der Waals surface area contributed by atoms with Gasteiger partial charge < -0.3 is 10.4 Å². The molecule has 2 aromatic rings. The number of aromatic hydroxyl groups is 1. The van der Waals surface area contributed by atoms with Gasteiger partial charge in [-0.1, -0.05) is 6.07 Å². The van der Waals surface area contributed by atoms with E-state index in [0.717, 1.165) is 10.8 Å². The lowest BCUT2D eigenvalue weighted by Crippen LogP contribution is -2.38. The summed E-state index contributed by atoms with van der Waals surface area (Å²) in [6.07, 6.45) is 2.87. The molecule has 0 saturated heterocycles. The summed E-state index contributed by atoms with van der Waals surface area (Å²) in [5.41, 5.74) is 0. The first-order valence-corrected chi connectivity index (χ1v) is 8.11. The van der Waals surface area contributed by atoms with E-state index in [1.54, 1.807) is 38.2 Å². The molecule has 0 aliphatic heterocycles. The summed E-state index contributed by atoms with van der Waals surface area (Å²) in [6, 6.07) is 6.84. The summed E-state index contributed by atoms with van der Waals surface area (Å²) in [5, 5.41) is 14.3. The Morgan fingerprint density at radius 3 is 2.65 bits per heavy atom. The molecule has 108 valence electrons.